The molecule has 0 aromatic carbocycles. The number of rotatable bonds is 5. The zero-order valence-electron chi connectivity index (χ0n) is 11.3. The molecule has 2 rings (SSSR count). The van der Waals surface area contributed by atoms with Crippen LogP contribution in [0.15, 0.2) is 10.7 Å². The maximum absolute atomic E-state index is 11.5. The highest BCUT2D eigenvalue weighted by Gasteiger charge is 2.15. The van der Waals surface area contributed by atoms with E-state index in [9.17, 15) is 4.79 Å². The standard InChI is InChI=1S/C13H17N3O3/c1-4-5-14-10(17)6-18-12-11-8(2)9(3)19-13(11)16-7-15-12/h7H,4-6H2,1-3H3,(H,14,17). The second kappa shape index (κ2) is 5.69. The largest absolute Gasteiger partial charge is 0.467 e. The highest BCUT2D eigenvalue weighted by Crippen LogP contribution is 2.29. The number of carbonyl (C=O) groups excluding carboxylic acids is 1. The van der Waals surface area contributed by atoms with Crippen LogP contribution >= 0.6 is 0 Å². The van der Waals surface area contributed by atoms with E-state index in [4.69, 9.17) is 9.15 Å². The zero-order chi connectivity index (χ0) is 13.8. The van der Waals surface area contributed by atoms with Gasteiger partial charge in [0.1, 0.15) is 17.5 Å². The first-order chi connectivity index (χ1) is 9.13. The summed E-state index contributed by atoms with van der Waals surface area (Å²) in [6.07, 6.45) is 2.26. The molecule has 2 aromatic heterocycles. The van der Waals surface area contributed by atoms with Gasteiger partial charge in [-0.05, 0) is 20.3 Å². The molecule has 0 unspecified atom stereocenters. The molecule has 0 bridgehead atoms. The molecule has 0 aliphatic carbocycles. The van der Waals surface area contributed by atoms with E-state index in [0.717, 1.165) is 23.1 Å². The van der Waals surface area contributed by atoms with E-state index in [2.05, 4.69) is 15.3 Å². The Morgan fingerprint density at radius 2 is 2.21 bits per heavy atom. The molecule has 0 atom stereocenters. The van der Waals surface area contributed by atoms with Gasteiger partial charge in [0.25, 0.3) is 5.91 Å². The molecule has 0 radical (unpaired) electrons. The van der Waals surface area contributed by atoms with E-state index >= 15 is 0 Å². The summed E-state index contributed by atoms with van der Waals surface area (Å²) in [4.78, 5) is 19.6. The number of amides is 1. The molecule has 0 fully saturated rings. The van der Waals surface area contributed by atoms with Crippen LogP contribution in [0.3, 0.4) is 0 Å². The molecular weight excluding hydrogens is 246 g/mol. The predicted octanol–water partition coefficient (Wildman–Crippen LogP) is 1.74. The Morgan fingerprint density at radius 3 is 2.95 bits per heavy atom. The average Bonchev–Trinajstić information content (AvgIpc) is 2.70. The fourth-order valence-corrected chi connectivity index (χ4v) is 1.71. The number of aryl methyl sites for hydroxylation is 2. The molecule has 2 heterocycles. The minimum absolute atomic E-state index is 0.0597. The number of aromatic nitrogens is 2. The van der Waals surface area contributed by atoms with Crippen LogP contribution in [0.1, 0.15) is 24.7 Å². The average molecular weight is 263 g/mol. The van der Waals surface area contributed by atoms with Crippen LogP contribution in [0.4, 0.5) is 0 Å². The van der Waals surface area contributed by atoms with Crippen LogP contribution in [0.5, 0.6) is 5.88 Å². The number of nitrogens with one attached hydrogen (secondary N) is 1. The van der Waals surface area contributed by atoms with Gasteiger partial charge in [0.05, 0.1) is 0 Å². The van der Waals surface area contributed by atoms with E-state index in [1.807, 2.05) is 20.8 Å². The molecule has 1 amide bonds. The van der Waals surface area contributed by atoms with Crippen LogP contribution in [0, 0.1) is 13.8 Å². The first-order valence-electron chi connectivity index (χ1n) is 6.23. The molecule has 102 valence electrons. The van der Waals surface area contributed by atoms with Crippen molar-refractivity contribution in [2.24, 2.45) is 0 Å². The first-order valence-corrected chi connectivity index (χ1v) is 6.23. The van der Waals surface area contributed by atoms with Gasteiger partial charge in [-0.2, -0.15) is 0 Å². The summed E-state index contributed by atoms with van der Waals surface area (Å²) in [7, 11) is 0. The van der Waals surface area contributed by atoms with Crippen LogP contribution < -0.4 is 10.1 Å². The van der Waals surface area contributed by atoms with Gasteiger partial charge in [-0.15, -0.1) is 0 Å². The third-order valence-corrected chi connectivity index (χ3v) is 2.84. The maximum Gasteiger partial charge on any atom is 0.258 e. The van der Waals surface area contributed by atoms with Crippen molar-refractivity contribution in [2.45, 2.75) is 27.2 Å². The highest BCUT2D eigenvalue weighted by atomic mass is 16.5. The fraction of sp³-hybridized carbons (Fsp3) is 0.462. The van der Waals surface area contributed by atoms with E-state index in [0.29, 0.717) is 18.1 Å². The van der Waals surface area contributed by atoms with Crippen molar-refractivity contribution in [1.82, 2.24) is 15.3 Å². The summed E-state index contributed by atoms with van der Waals surface area (Å²) < 4.78 is 10.9. The monoisotopic (exact) mass is 263 g/mol. The van der Waals surface area contributed by atoms with E-state index in [1.54, 1.807) is 0 Å². The fourth-order valence-electron chi connectivity index (χ4n) is 1.71. The van der Waals surface area contributed by atoms with Gasteiger partial charge in [-0.1, -0.05) is 6.92 Å². The lowest BCUT2D eigenvalue weighted by atomic mass is 10.2. The van der Waals surface area contributed by atoms with Crippen molar-refractivity contribution in [3.05, 3.63) is 17.7 Å². The van der Waals surface area contributed by atoms with Crippen molar-refractivity contribution in [3.8, 4) is 5.88 Å². The summed E-state index contributed by atoms with van der Waals surface area (Å²) >= 11 is 0. The minimum atomic E-state index is -0.161. The number of hydrogen-bond acceptors (Lipinski definition) is 5. The molecule has 19 heavy (non-hydrogen) atoms. The number of fused-ring (bicyclic) bond motifs is 1. The van der Waals surface area contributed by atoms with Gasteiger partial charge >= 0.3 is 0 Å². The van der Waals surface area contributed by atoms with Crippen molar-refractivity contribution in [3.63, 3.8) is 0 Å². The lowest BCUT2D eigenvalue weighted by Crippen LogP contribution is -2.29. The Kier molecular flexibility index (Phi) is 3.99. The third kappa shape index (κ3) is 2.83. The number of carbonyl (C=O) groups is 1. The predicted molar refractivity (Wildman–Crippen MR) is 70.1 cm³/mol. The topological polar surface area (TPSA) is 77.2 Å². The van der Waals surface area contributed by atoms with E-state index in [1.165, 1.54) is 6.33 Å². The van der Waals surface area contributed by atoms with Crippen molar-refractivity contribution < 1.29 is 13.9 Å². The van der Waals surface area contributed by atoms with Crippen molar-refractivity contribution in [1.29, 1.82) is 0 Å². The summed E-state index contributed by atoms with van der Waals surface area (Å²) in [5.74, 6) is 0.994. The number of ether oxygens (including phenoxy) is 1. The third-order valence-electron chi connectivity index (χ3n) is 2.84. The molecule has 1 N–H and O–H groups in total. The summed E-state index contributed by atoms with van der Waals surface area (Å²) in [6, 6.07) is 0. The quantitative estimate of drug-likeness (QED) is 0.889. The molecule has 6 nitrogen and oxygen atoms in total. The SMILES string of the molecule is CCCNC(=O)COc1ncnc2oc(C)c(C)c12. The molecule has 0 saturated carbocycles. The van der Waals surface area contributed by atoms with E-state index < -0.39 is 0 Å². The van der Waals surface area contributed by atoms with Crippen molar-refractivity contribution in [2.75, 3.05) is 13.2 Å². The molecule has 0 spiro atoms. The molecule has 0 aliphatic heterocycles. The lowest BCUT2D eigenvalue weighted by Gasteiger charge is -2.06. The first kappa shape index (κ1) is 13.3. The maximum atomic E-state index is 11.5. The number of nitrogens with zero attached hydrogens (tertiary/aromatic N) is 2. The second-order valence-electron chi connectivity index (χ2n) is 4.28. The highest BCUT2D eigenvalue weighted by molar-refractivity contribution is 5.84. The minimum Gasteiger partial charge on any atom is -0.467 e. The molecule has 2 aromatic rings. The van der Waals surface area contributed by atoms with Gasteiger partial charge in [-0.25, -0.2) is 9.97 Å². The van der Waals surface area contributed by atoms with Gasteiger partial charge < -0.3 is 14.5 Å². The normalized spacial score (nSPS) is 10.7. The van der Waals surface area contributed by atoms with Gasteiger partial charge in [0, 0.05) is 12.1 Å². The molecule has 6 heteroatoms. The summed E-state index contributed by atoms with van der Waals surface area (Å²) in [5, 5.41) is 3.46. The number of furan rings is 1. The summed E-state index contributed by atoms with van der Waals surface area (Å²) in [5.41, 5.74) is 1.41. The number of hydrogen-bond donors (Lipinski definition) is 1. The Bertz CT molecular complexity index is 592. The second-order valence-corrected chi connectivity index (χ2v) is 4.28. The van der Waals surface area contributed by atoms with Crippen LogP contribution in [0.25, 0.3) is 11.1 Å². The Labute approximate surface area is 111 Å². The summed E-state index contributed by atoms with van der Waals surface area (Å²) in [6.45, 7) is 6.34. The molecule has 0 saturated heterocycles. The smallest absolute Gasteiger partial charge is 0.258 e. The van der Waals surface area contributed by atoms with Crippen LogP contribution in [0.2, 0.25) is 0 Å². The van der Waals surface area contributed by atoms with Crippen LogP contribution in [-0.4, -0.2) is 29.0 Å². The van der Waals surface area contributed by atoms with Crippen LogP contribution in [-0.2, 0) is 4.79 Å². The zero-order valence-corrected chi connectivity index (χ0v) is 11.3. The van der Waals surface area contributed by atoms with Gasteiger partial charge in [-0.3, -0.25) is 4.79 Å². The Morgan fingerprint density at radius 1 is 1.42 bits per heavy atom. The van der Waals surface area contributed by atoms with Crippen molar-refractivity contribution >= 4 is 17.0 Å². The van der Waals surface area contributed by atoms with Gasteiger partial charge in [0.2, 0.25) is 11.6 Å². The Balaban J connectivity index is 2.14. The molecule has 0 aliphatic rings. The lowest BCUT2D eigenvalue weighted by molar-refractivity contribution is -0.123. The Hall–Kier alpha value is -2.11. The molecular formula is C13H17N3O3. The van der Waals surface area contributed by atoms with E-state index in [-0.39, 0.29) is 12.5 Å². The van der Waals surface area contributed by atoms with Gasteiger partial charge in [0.15, 0.2) is 6.61 Å².